The number of carbonyl (C=O) groups is 1. The molecule has 1 amide bonds. The molecule has 1 aromatic carbocycles. The molecule has 1 aromatic heterocycles. The molecule has 1 aliphatic rings. The number of nitrogens with zero attached hydrogens (tertiary/aromatic N) is 1. The van der Waals surface area contributed by atoms with Crippen molar-refractivity contribution in [2.45, 2.75) is 32.4 Å². The number of carbonyl (C=O) groups excluding carboxylic acids is 1. The van der Waals surface area contributed by atoms with Crippen molar-refractivity contribution in [3.05, 3.63) is 57.8 Å². The second kappa shape index (κ2) is 7.04. The molecule has 0 bridgehead atoms. The zero-order chi connectivity index (χ0) is 16.2. The van der Waals surface area contributed by atoms with Gasteiger partial charge in [0, 0.05) is 9.75 Å². The van der Waals surface area contributed by atoms with Crippen LogP contribution in [-0.2, 0) is 4.79 Å². The third-order valence-electron chi connectivity index (χ3n) is 3.85. The molecule has 120 valence electrons. The minimum absolute atomic E-state index is 0.122. The van der Waals surface area contributed by atoms with Gasteiger partial charge in [-0.3, -0.25) is 4.79 Å². The molecule has 1 aliphatic heterocycles. The van der Waals surface area contributed by atoms with Crippen LogP contribution < -0.4 is 16.3 Å². The van der Waals surface area contributed by atoms with Crippen LogP contribution in [0.4, 0.5) is 0 Å². The van der Waals surface area contributed by atoms with Crippen molar-refractivity contribution >= 4 is 23.0 Å². The fourth-order valence-corrected chi connectivity index (χ4v) is 3.46. The van der Waals surface area contributed by atoms with E-state index < -0.39 is 0 Å². The first kappa shape index (κ1) is 15.9. The molecule has 0 saturated carbocycles. The lowest BCUT2D eigenvalue weighted by Gasteiger charge is -2.08. The van der Waals surface area contributed by atoms with E-state index in [4.69, 9.17) is 0 Å². The summed E-state index contributed by atoms with van der Waals surface area (Å²) in [6.45, 7) is 3.97. The molecule has 0 radical (unpaired) electrons. The van der Waals surface area contributed by atoms with Gasteiger partial charge in [0.1, 0.15) is 6.04 Å². The van der Waals surface area contributed by atoms with Gasteiger partial charge in [0.15, 0.2) is 0 Å². The Kier molecular flexibility index (Phi) is 4.85. The highest BCUT2D eigenvalue weighted by Crippen LogP contribution is 2.28. The summed E-state index contributed by atoms with van der Waals surface area (Å²) < 4.78 is 0. The van der Waals surface area contributed by atoms with E-state index in [1.165, 1.54) is 9.75 Å². The minimum atomic E-state index is -0.283. The van der Waals surface area contributed by atoms with Crippen LogP contribution in [0.3, 0.4) is 0 Å². The molecule has 2 heterocycles. The van der Waals surface area contributed by atoms with Gasteiger partial charge in [0.2, 0.25) is 0 Å². The van der Waals surface area contributed by atoms with Crippen LogP contribution in [0.2, 0.25) is 0 Å². The van der Waals surface area contributed by atoms with Crippen molar-refractivity contribution in [3.8, 4) is 0 Å². The van der Waals surface area contributed by atoms with Crippen LogP contribution >= 0.6 is 11.3 Å². The van der Waals surface area contributed by atoms with Gasteiger partial charge in [-0.2, -0.15) is 5.10 Å². The topological polar surface area (TPSA) is 65.5 Å². The van der Waals surface area contributed by atoms with E-state index in [0.717, 1.165) is 11.3 Å². The summed E-state index contributed by atoms with van der Waals surface area (Å²) in [7, 11) is 0. The van der Waals surface area contributed by atoms with E-state index in [1.807, 2.05) is 37.3 Å². The fraction of sp³-hybridized carbons (Fsp3) is 0.294. The maximum absolute atomic E-state index is 12.2. The zero-order valence-electron chi connectivity index (χ0n) is 13.2. The highest BCUT2D eigenvalue weighted by molar-refractivity contribution is 7.12. The van der Waals surface area contributed by atoms with Gasteiger partial charge in [0.25, 0.3) is 5.91 Å². The lowest BCUT2D eigenvalue weighted by atomic mass is 10.1. The Morgan fingerprint density at radius 2 is 2.00 bits per heavy atom. The smallest absolute Gasteiger partial charge is 0.258 e. The molecule has 0 spiro atoms. The number of hydrazine groups is 1. The lowest BCUT2D eigenvalue weighted by molar-refractivity contribution is -0.122. The summed E-state index contributed by atoms with van der Waals surface area (Å²) in [5, 5.41) is 4.19. The number of benzene rings is 1. The molecule has 6 heteroatoms. The average Bonchev–Trinajstić information content (AvgIpc) is 3.22. The first-order valence-corrected chi connectivity index (χ1v) is 8.42. The second-order valence-corrected chi connectivity index (χ2v) is 6.94. The molecule has 2 unspecified atom stereocenters. The molecule has 0 aliphatic carbocycles. The van der Waals surface area contributed by atoms with Crippen LogP contribution in [-0.4, -0.2) is 17.7 Å². The van der Waals surface area contributed by atoms with E-state index >= 15 is 0 Å². The molecule has 2 aromatic rings. The molecule has 1 saturated heterocycles. The number of amides is 1. The van der Waals surface area contributed by atoms with E-state index in [0.29, 0.717) is 6.42 Å². The monoisotopic (exact) mass is 328 g/mol. The van der Waals surface area contributed by atoms with Crippen molar-refractivity contribution in [2.75, 3.05) is 0 Å². The van der Waals surface area contributed by atoms with E-state index in [2.05, 4.69) is 40.4 Å². The SMILES string of the molecule is C/C(=N/NC(=O)C1CC(c2ccc(C)s2)NN1)c1ccccc1. The van der Waals surface area contributed by atoms with Crippen LogP contribution in [0.15, 0.2) is 47.6 Å². The molecule has 3 N–H and O–H groups in total. The molecule has 5 nitrogen and oxygen atoms in total. The maximum atomic E-state index is 12.2. The van der Waals surface area contributed by atoms with Gasteiger partial charge in [-0.05, 0) is 38.0 Å². The van der Waals surface area contributed by atoms with Crippen LogP contribution in [0, 0.1) is 6.92 Å². The summed E-state index contributed by atoms with van der Waals surface area (Å²) in [4.78, 5) is 14.8. The summed E-state index contributed by atoms with van der Waals surface area (Å²) in [6.07, 6.45) is 0.714. The summed E-state index contributed by atoms with van der Waals surface area (Å²) >= 11 is 1.75. The third-order valence-corrected chi connectivity index (χ3v) is 4.96. The molecule has 2 atom stereocenters. The highest BCUT2D eigenvalue weighted by Gasteiger charge is 2.30. The summed E-state index contributed by atoms with van der Waals surface area (Å²) in [5.41, 5.74) is 10.7. The minimum Gasteiger partial charge on any atom is -0.271 e. The van der Waals surface area contributed by atoms with Crippen LogP contribution in [0.25, 0.3) is 0 Å². The summed E-state index contributed by atoms with van der Waals surface area (Å²) in [6, 6.07) is 13.9. The Bertz CT molecular complexity index is 710. The Morgan fingerprint density at radius 1 is 1.22 bits per heavy atom. The maximum Gasteiger partial charge on any atom is 0.258 e. The second-order valence-electron chi connectivity index (χ2n) is 5.62. The number of hydrazone groups is 1. The van der Waals surface area contributed by atoms with Gasteiger partial charge in [-0.1, -0.05) is 30.3 Å². The Balaban J connectivity index is 1.57. The van der Waals surface area contributed by atoms with Crippen molar-refractivity contribution in [1.29, 1.82) is 0 Å². The van der Waals surface area contributed by atoms with Gasteiger partial charge >= 0.3 is 0 Å². The number of hydrogen-bond acceptors (Lipinski definition) is 5. The number of aryl methyl sites for hydroxylation is 1. The van der Waals surface area contributed by atoms with Crippen molar-refractivity contribution in [3.63, 3.8) is 0 Å². The number of rotatable bonds is 4. The number of hydrogen-bond donors (Lipinski definition) is 3. The third kappa shape index (κ3) is 3.85. The number of nitrogens with one attached hydrogen (secondary N) is 3. The van der Waals surface area contributed by atoms with Crippen molar-refractivity contribution in [1.82, 2.24) is 16.3 Å². The van der Waals surface area contributed by atoms with Crippen LogP contribution in [0.1, 0.15) is 34.7 Å². The first-order chi connectivity index (χ1) is 11.1. The van der Waals surface area contributed by atoms with Gasteiger partial charge in [-0.15, -0.1) is 11.3 Å². The van der Waals surface area contributed by atoms with Gasteiger partial charge < -0.3 is 0 Å². The van der Waals surface area contributed by atoms with Crippen molar-refractivity contribution in [2.24, 2.45) is 5.10 Å². The van der Waals surface area contributed by atoms with E-state index in [1.54, 1.807) is 11.3 Å². The fourth-order valence-electron chi connectivity index (χ4n) is 2.52. The molecular weight excluding hydrogens is 308 g/mol. The van der Waals surface area contributed by atoms with E-state index in [9.17, 15) is 4.79 Å². The molecule has 3 rings (SSSR count). The lowest BCUT2D eigenvalue weighted by Crippen LogP contribution is -2.41. The Hall–Kier alpha value is -2.02. The molecule has 1 fully saturated rings. The Morgan fingerprint density at radius 3 is 2.70 bits per heavy atom. The zero-order valence-corrected chi connectivity index (χ0v) is 14.0. The predicted molar refractivity (Wildman–Crippen MR) is 93.3 cm³/mol. The van der Waals surface area contributed by atoms with Gasteiger partial charge in [0.05, 0.1) is 11.8 Å². The summed E-state index contributed by atoms with van der Waals surface area (Å²) in [5.74, 6) is -0.122. The molecule has 23 heavy (non-hydrogen) atoms. The first-order valence-electron chi connectivity index (χ1n) is 7.60. The van der Waals surface area contributed by atoms with Crippen molar-refractivity contribution < 1.29 is 4.79 Å². The van der Waals surface area contributed by atoms with E-state index in [-0.39, 0.29) is 18.0 Å². The average molecular weight is 328 g/mol. The standard InChI is InChI=1S/C17H20N4OS/c1-11-8-9-16(23-11)14-10-15(20-19-14)17(22)21-18-12(2)13-6-4-3-5-7-13/h3-9,14-15,19-20H,10H2,1-2H3,(H,21,22)/b18-12-. The Labute approximate surface area is 139 Å². The van der Waals surface area contributed by atoms with Crippen LogP contribution in [0.5, 0.6) is 0 Å². The highest BCUT2D eigenvalue weighted by atomic mass is 32.1. The quantitative estimate of drug-likeness (QED) is 0.597. The largest absolute Gasteiger partial charge is 0.271 e. The van der Waals surface area contributed by atoms with Gasteiger partial charge in [-0.25, -0.2) is 16.3 Å². The molecular formula is C17H20N4OS. The normalized spacial score (nSPS) is 21.4. The number of thiophene rings is 1. The predicted octanol–water partition coefficient (Wildman–Crippen LogP) is 2.50.